The number of hydrogen-bond donors (Lipinski definition) is 1. The molecule has 38 heavy (non-hydrogen) atoms. The van der Waals surface area contributed by atoms with E-state index in [-0.39, 0.29) is 19.6 Å². The first kappa shape index (κ1) is 36.5. The quantitative estimate of drug-likeness (QED) is 0.0493. The number of carbonyl (C=O) groups excluding carboxylic acids is 2. The maximum atomic E-state index is 12.2. The van der Waals surface area contributed by atoms with Crippen molar-refractivity contribution in [2.75, 3.05) is 47.5 Å². The fourth-order valence-electron chi connectivity index (χ4n) is 3.30. The maximum absolute atomic E-state index is 12.2. The van der Waals surface area contributed by atoms with Gasteiger partial charge in [0.1, 0.15) is 19.8 Å². The molecule has 0 rings (SSSR count). The van der Waals surface area contributed by atoms with Gasteiger partial charge in [-0.15, -0.1) is 0 Å². The highest BCUT2D eigenvalue weighted by atomic mass is 31.2. The van der Waals surface area contributed by atoms with Crippen LogP contribution in [-0.4, -0.2) is 74.9 Å². The molecule has 0 radical (unpaired) electrons. The Hall–Kier alpha value is -1.51. The lowest BCUT2D eigenvalue weighted by Crippen LogP contribution is -2.37. The molecule has 2 atom stereocenters. The largest absolute Gasteiger partial charge is 0.472 e. The first-order valence-corrected chi connectivity index (χ1v) is 15.5. The second-order valence-electron chi connectivity index (χ2n) is 10.5. The van der Waals surface area contributed by atoms with Crippen LogP contribution in [0.5, 0.6) is 0 Å². The van der Waals surface area contributed by atoms with E-state index in [0.29, 0.717) is 17.4 Å². The molecule has 222 valence electrons. The third-order valence-corrected chi connectivity index (χ3v) is 6.53. The van der Waals surface area contributed by atoms with Crippen molar-refractivity contribution in [1.82, 2.24) is 0 Å². The van der Waals surface area contributed by atoms with Crippen LogP contribution in [0.4, 0.5) is 0 Å². The summed E-state index contributed by atoms with van der Waals surface area (Å²) in [6, 6.07) is 0. The molecule has 0 saturated carbocycles. The highest BCUT2D eigenvalue weighted by molar-refractivity contribution is 7.47. The predicted molar refractivity (Wildman–Crippen MR) is 150 cm³/mol. The van der Waals surface area contributed by atoms with Crippen molar-refractivity contribution in [2.24, 2.45) is 0 Å². The molecule has 0 saturated heterocycles. The number of unbranched alkanes of at least 4 members (excludes halogenated alkanes) is 8. The van der Waals surface area contributed by atoms with Crippen molar-refractivity contribution < 1.29 is 42.1 Å². The second-order valence-corrected chi connectivity index (χ2v) is 12.0. The minimum absolute atomic E-state index is 0.0263. The van der Waals surface area contributed by atoms with Gasteiger partial charge in [0.15, 0.2) is 6.10 Å². The first-order valence-electron chi connectivity index (χ1n) is 14.0. The van der Waals surface area contributed by atoms with Crippen LogP contribution in [0.2, 0.25) is 0 Å². The Morgan fingerprint density at radius 1 is 0.868 bits per heavy atom. The van der Waals surface area contributed by atoms with Crippen LogP contribution in [0.1, 0.15) is 90.9 Å². The summed E-state index contributed by atoms with van der Waals surface area (Å²) < 4.78 is 32.8. The number of rotatable bonds is 24. The summed E-state index contributed by atoms with van der Waals surface area (Å²) in [7, 11) is 1.45. The number of nitrogens with zero attached hydrogens (tertiary/aromatic N) is 1. The van der Waals surface area contributed by atoms with Gasteiger partial charge in [-0.3, -0.25) is 18.6 Å². The molecule has 0 aliphatic rings. The number of ether oxygens (including phenoxy) is 2. The van der Waals surface area contributed by atoms with Crippen LogP contribution in [0.3, 0.4) is 0 Å². The van der Waals surface area contributed by atoms with Crippen LogP contribution < -0.4 is 0 Å². The van der Waals surface area contributed by atoms with Gasteiger partial charge in [0.25, 0.3) is 0 Å². The summed E-state index contributed by atoms with van der Waals surface area (Å²) in [5.74, 6) is -1.01. The summed E-state index contributed by atoms with van der Waals surface area (Å²) in [6.07, 6.45) is 20.1. The predicted octanol–water partition coefficient (Wildman–Crippen LogP) is 6.11. The van der Waals surface area contributed by atoms with E-state index >= 15 is 0 Å². The van der Waals surface area contributed by atoms with E-state index in [1.165, 1.54) is 32.6 Å². The number of phosphoric acid groups is 1. The Morgan fingerprint density at radius 2 is 1.47 bits per heavy atom. The van der Waals surface area contributed by atoms with Crippen molar-refractivity contribution in [1.29, 1.82) is 0 Å². The first-order chi connectivity index (χ1) is 17.9. The van der Waals surface area contributed by atoms with Gasteiger partial charge in [0.05, 0.1) is 27.7 Å². The van der Waals surface area contributed by atoms with E-state index < -0.39 is 32.5 Å². The van der Waals surface area contributed by atoms with Gasteiger partial charge >= 0.3 is 19.8 Å². The molecule has 0 bridgehead atoms. The standard InChI is InChI=1S/C28H52NO8P/c1-6-7-8-9-10-11-12-13-14-15-16-17-18-19-20-21-28(31)37-27(24-34-26(2)30)25-36-38(32,33)35-23-22-29(3,4)5/h10-11,13-14,27H,6-9,12,15-25H2,1-5H3/p+1/b11-10-,14-13-. The summed E-state index contributed by atoms with van der Waals surface area (Å²) in [5, 5.41) is 0. The van der Waals surface area contributed by atoms with Crippen molar-refractivity contribution >= 4 is 19.8 Å². The molecule has 0 aliphatic carbocycles. The normalized spacial score (nSPS) is 14.6. The van der Waals surface area contributed by atoms with Crippen LogP contribution in [0.15, 0.2) is 24.3 Å². The van der Waals surface area contributed by atoms with E-state index in [0.717, 1.165) is 38.5 Å². The molecular formula is C28H53NO8P+. The van der Waals surface area contributed by atoms with Crippen molar-refractivity contribution in [2.45, 2.75) is 97.0 Å². The third-order valence-electron chi connectivity index (χ3n) is 5.54. The number of quaternary nitrogens is 1. The minimum atomic E-state index is -4.33. The van der Waals surface area contributed by atoms with Gasteiger partial charge in [-0.05, 0) is 38.5 Å². The zero-order chi connectivity index (χ0) is 28.7. The Kier molecular flexibility index (Phi) is 21.4. The van der Waals surface area contributed by atoms with Gasteiger partial charge in [0, 0.05) is 13.3 Å². The topological polar surface area (TPSA) is 108 Å². The molecule has 0 aromatic carbocycles. The van der Waals surface area contributed by atoms with E-state index in [1.807, 2.05) is 21.1 Å². The number of esters is 2. The maximum Gasteiger partial charge on any atom is 0.472 e. The second kappa shape index (κ2) is 22.3. The Bertz CT molecular complexity index is 733. The van der Waals surface area contributed by atoms with Gasteiger partial charge < -0.3 is 18.9 Å². The van der Waals surface area contributed by atoms with Gasteiger partial charge in [-0.1, -0.05) is 63.3 Å². The van der Waals surface area contributed by atoms with Gasteiger partial charge in [-0.25, -0.2) is 4.57 Å². The number of likely N-dealkylation sites (N-methyl/N-ethyl adjacent to an activating group) is 1. The fourth-order valence-corrected chi connectivity index (χ4v) is 4.04. The number of hydrogen-bond acceptors (Lipinski definition) is 7. The fraction of sp³-hybridized carbons (Fsp3) is 0.786. The summed E-state index contributed by atoms with van der Waals surface area (Å²) in [4.78, 5) is 33.3. The van der Waals surface area contributed by atoms with Crippen LogP contribution in [0.25, 0.3) is 0 Å². The van der Waals surface area contributed by atoms with E-state index in [2.05, 4.69) is 31.2 Å². The molecule has 0 amide bonds. The minimum Gasteiger partial charge on any atom is -0.462 e. The molecule has 0 heterocycles. The third kappa shape index (κ3) is 26.1. The smallest absolute Gasteiger partial charge is 0.462 e. The Balaban J connectivity index is 4.11. The van der Waals surface area contributed by atoms with Crippen molar-refractivity contribution in [3.05, 3.63) is 24.3 Å². The Labute approximate surface area is 230 Å². The molecule has 0 aromatic heterocycles. The summed E-state index contributed by atoms with van der Waals surface area (Å²) >= 11 is 0. The molecule has 1 N–H and O–H groups in total. The Morgan fingerprint density at radius 3 is 2.08 bits per heavy atom. The molecule has 0 fully saturated rings. The van der Waals surface area contributed by atoms with E-state index in [4.69, 9.17) is 18.5 Å². The molecule has 0 spiro atoms. The highest BCUT2D eigenvalue weighted by Gasteiger charge is 2.26. The van der Waals surface area contributed by atoms with Crippen LogP contribution >= 0.6 is 7.82 Å². The van der Waals surface area contributed by atoms with Crippen LogP contribution in [-0.2, 0) is 32.7 Å². The molecule has 0 aliphatic heterocycles. The average molecular weight is 563 g/mol. The van der Waals surface area contributed by atoms with Gasteiger partial charge in [-0.2, -0.15) is 0 Å². The van der Waals surface area contributed by atoms with E-state index in [9.17, 15) is 19.0 Å². The molecule has 10 heteroatoms. The van der Waals surface area contributed by atoms with Crippen LogP contribution in [0, 0.1) is 0 Å². The summed E-state index contributed by atoms with van der Waals surface area (Å²) in [6.45, 7) is 3.30. The number of carbonyl (C=O) groups is 2. The number of allylic oxidation sites excluding steroid dienone is 4. The van der Waals surface area contributed by atoms with Gasteiger partial charge in [0.2, 0.25) is 0 Å². The lowest BCUT2D eigenvalue weighted by Gasteiger charge is -2.24. The zero-order valence-electron chi connectivity index (χ0n) is 24.4. The highest BCUT2D eigenvalue weighted by Crippen LogP contribution is 2.43. The van der Waals surface area contributed by atoms with Crippen molar-refractivity contribution in [3.63, 3.8) is 0 Å². The molecular weight excluding hydrogens is 509 g/mol. The lowest BCUT2D eigenvalue weighted by molar-refractivity contribution is -0.870. The molecule has 9 nitrogen and oxygen atoms in total. The van der Waals surface area contributed by atoms with E-state index in [1.54, 1.807) is 0 Å². The molecule has 2 unspecified atom stereocenters. The number of phosphoric ester groups is 1. The van der Waals surface area contributed by atoms with Crippen molar-refractivity contribution in [3.8, 4) is 0 Å². The SMILES string of the molecule is CCCCC/C=C\C/C=C\CCCCCCCC(=O)OC(COC(C)=O)COP(=O)(O)OCC[N+](C)(C)C. The zero-order valence-corrected chi connectivity index (χ0v) is 25.3. The monoisotopic (exact) mass is 562 g/mol. The average Bonchev–Trinajstić information content (AvgIpc) is 2.82. The summed E-state index contributed by atoms with van der Waals surface area (Å²) in [5.41, 5.74) is 0. The lowest BCUT2D eigenvalue weighted by atomic mass is 10.1. The molecule has 0 aromatic rings.